The summed E-state index contributed by atoms with van der Waals surface area (Å²) in [7, 11) is 0. The normalized spacial score (nSPS) is 11.1. The van der Waals surface area contributed by atoms with Gasteiger partial charge >= 0.3 is 0 Å². The van der Waals surface area contributed by atoms with E-state index in [0.717, 1.165) is 41.3 Å². The molecule has 0 aliphatic heterocycles. The molecule has 5 aromatic rings. The summed E-state index contributed by atoms with van der Waals surface area (Å²) in [6.07, 6.45) is 3.00. The fraction of sp³-hybridized carbons (Fsp3) is 0.0952. The highest BCUT2D eigenvalue weighted by molar-refractivity contribution is 5.83. The predicted octanol–water partition coefficient (Wildman–Crippen LogP) is 4.23. The fourth-order valence-corrected chi connectivity index (χ4v) is 3.33. The highest BCUT2D eigenvalue weighted by Crippen LogP contribution is 2.21. The molecule has 7 nitrogen and oxygen atoms in total. The van der Waals surface area contributed by atoms with Gasteiger partial charge in [-0.15, -0.1) is 0 Å². The van der Waals surface area contributed by atoms with E-state index in [4.69, 9.17) is 0 Å². The molecular weight excluding hydrogens is 350 g/mol. The number of nitrogens with one attached hydrogen (secondary N) is 4. The topological polar surface area (TPSA) is 94.3 Å². The number of rotatable bonds is 6. The average Bonchev–Trinajstić information content (AvgIpc) is 3.35. The summed E-state index contributed by atoms with van der Waals surface area (Å²) in [5.74, 6) is 1.62. The predicted molar refractivity (Wildman–Crippen MR) is 112 cm³/mol. The Labute approximate surface area is 161 Å². The van der Waals surface area contributed by atoms with Crippen molar-refractivity contribution < 1.29 is 0 Å². The largest absolute Gasteiger partial charge is 0.370 e. The Morgan fingerprint density at radius 2 is 1.75 bits per heavy atom. The third-order valence-electron chi connectivity index (χ3n) is 4.71. The van der Waals surface area contributed by atoms with Gasteiger partial charge in [-0.2, -0.15) is 15.4 Å². The van der Waals surface area contributed by atoms with Crippen LogP contribution in [0, 0.1) is 0 Å². The zero-order valence-electron chi connectivity index (χ0n) is 15.1. The number of hydrogen-bond donors (Lipinski definition) is 4. The number of aromatic nitrogens is 5. The molecule has 3 heterocycles. The second-order valence-electron chi connectivity index (χ2n) is 6.60. The summed E-state index contributed by atoms with van der Waals surface area (Å²) in [4.78, 5) is 7.96. The van der Waals surface area contributed by atoms with Crippen LogP contribution in [0.3, 0.4) is 0 Å². The van der Waals surface area contributed by atoms with Crippen molar-refractivity contribution in [1.29, 1.82) is 0 Å². The fourth-order valence-electron chi connectivity index (χ4n) is 3.33. The van der Waals surface area contributed by atoms with Gasteiger partial charge in [-0.3, -0.25) is 0 Å². The lowest BCUT2D eigenvalue weighted by atomic mass is 10.1. The Hall–Kier alpha value is -3.87. The van der Waals surface area contributed by atoms with Crippen molar-refractivity contribution in [2.75, 3.05) is 17.2 Å². The Morgan fingerprint density at radius 1 is 0.857 bits per heavy atom. The molecule has 0 fully saturated rings. The molecule has 0 bridgehead atoms. The summed E-state index contributed by atoms with van der Waals surface area (Å²) in [5.41, 5.74) is 5.05. The zero-order chi connectivity index (χ0) is 18.8. The van der Waals surface area contributed by atoms with Crippen molar-refractivity contribution in [2.24, 2.45) is 0 Å². The van der Waals surface area contributed by atoms with Crippen molar-refractivity contribution in [1.82, 2.24) is 25.4 Å². The molecule has 7 heteroatoms. The van der Waals surface area contributed by atoms with E-state index in [-0.39, 0.29) is 0 Å². The summed E-state index contributed by atoms with van der Waals surface area (Å²) in [6, 6.07) is 20.1. The molecule has 4 N–H and O–H groups in total. The van der Waals surface area contributed by atoms with Crippen LogP contribution >= 0.6 is 0 Å². The maximum Gasteiger partial charge on any atom is 0.132 e. The van der Waals surface area contributed by atoms with E-state index < -0.39 is 0 Å². The van der Waals surface area contributed by atoms with Crippen LogP contribution in [-0.2, 0) is 6.42 Å². The van der Waals surface area contributed by atoms with Crippen molar-refractivity contribution in [3.8, 4) is 0 Å². The minimum atomic E-state index is 0.778. The first-order valence-electron chi connectivity index (χ1n) is 9.19. The highest BCUT2D eigenvalue weighted by atomic mass is 15.3. The second-order valence-corrected chi connectivity index (χ2v) is 6.60. The summed E-state index contributed by atoms with van der Waals surface area (Å²) in [5, 5.41) is 18.8. The average molecular weight is 369 g/mol. The Kier molecular flexibility index (Phi) is 4.10. The second kappa shape index (κ2) is 7.03. The quantitative estimate of drug-likeness (QED) is 0.359. The Bertz CT molecular complexity index is 1240. The number of fused-ring (bicyclic) bond motifs is 2. The van der Waals surface area contributed by atoms with Crippen LogP contribution in [0.1, 0.15) is 5.56 Å². The van der Waals surface area contributed by atoms with Gasteiger partial charge in [-0.1, -0.05) is 24.3 Å². The van der Waals surface area contributed by atoms with Gasteiger partial charge in [0.15, 0.2) is 0 Å². The lowest BCUT2D eigenvalue weighted by Gasteiger charge is -2.09. The van der Waals surface area contributed by atoms with Gasteiger partial charge in [0, 0.05) is 29.3 Å². The highest BCUT2D eigenvalue weighted by Gasteiger charge is 2.04. The van der Waals surface area contributed by atoms with Crippen LogP contribution in [0.5, 0.6) is 0 Å². The standard InChI is InChI=1S/C21H19N7/c1-2-5-17-16(4-1)14(13-23-17)10-11-22-20-6-3-7-21(25-20)24-15-8-9-18-19(12-15)27-28-26-18/h1-9,12-13,23H,10-11H2,(H2,22,24,25)(H,26,27,28). The zero-order valence-corrected chi connectivity index (χ0v) is 15.1. The first-order valence-corrected chi connectivity index (χ1v) is 9.19. The smallest absolute Gasteiger partial charge is 0.132 e. The van der Waals surface area contributed by atoms with Crippen LogP contribution in [0.25, 0.3) is 21.9 Å². The number of H-pyrrole nitrogens is 2. The molecule has 0 saturated carbocycles. The number of pyridine rings is 1. The Balaban J connectivity index is 1.25. The minimum Gasteiger partial charge on any atom is -0.370 e. The monoisotopic (exact) mass is 369 g/mol. The first-order chi connectivity index (χ1) is 13.8. The van der Waals surface area contributed by atoms with Gasteiger partial charge in [0.25, 0.3) is 0 Å². The van der Waals surface area contributed by atoms with E-state index >= 15 is 0 Å². The Morgan fingerprint density at radius 3 is 2.75 bits per heavy atom. The molecule has 3 aromatic heterocycles. The lowest BCUT2D eigenvalue weighted by Crippen LogP contribution is -2.06. The van der Waals surface area contributed by atoms with Gasteiger partial charge < -0.3 is 15.6 Å². The van der Waals surface area contributed by atoms with Crippen LogP contribution < -0.4 is 10.6 Å². The van der Waals surface area contributed by atoms with Crippen molar-refractivity contribution in [3.63, 3.8) is 0 Å². The number of benzene rings is 2. The van der Waals surface area contributed by atoms with Gasteiger partial charge in [0.1, 0.15) is 22.7 Å². The minimum absolute atomic E-state index is 0.778. The number of nitrogens with zero attached hydrogens (tertiary/aromatic N) is 3. The lowest BCUT2D eigenvalue weighted by molar-refractivity contribution is 0.959. The van der Waals surface area contributed by atoms with Crippen LogP contribution in [-0.4, -0.2) is 31.9 Å². The molecule has 0 spiro atoms. The van der Waals surface area contributed by atoms with Crippen molar-refractivity contribution in [2.45, 2.75) is 6.42 Å². The maximum atomic E-state index is 4.64. The van der Waals surface area contributed by atoms with Gasteiger partial charge in [0.2, 0.25) is 0 Å². The SMILES string of the molecule is c1cc(NCCc2c[nH]c3ccccc23)nc(Nc2ccc3n[nH]nc3c2)c1. The number of anilines is 3. The molecular formula is C21H19N7. The molecule has 2 aromatic carbocycles. The third kappa shape index (κ3) is 3.25. The van der Waals surface area contributed by atoms with E-state index in [1.54, 1.807) is 0 Å². The molecule has 0 aliphatic carbocycles. The van der Waals surface area contributed by atoms with Crippen molar-refractivity contribution >= 4 is 39.3 Å². The van der Waals surface area contributed by atoms with E-state index in [0.29, 0.717) is 0 Å². The number of hydrogen-bond acceptors (Lipinski definition) is 5. The maximum absolute atomic E-state index is 4.64. The summed E-state index contributed by atoms with van der Waals surface area (Å²) >= 11 is 0. The number of para-hydroxylation sites is 1. The van der Waals surface area contributed by atoms with E-state index in [9.17, 15) is 0 Å². The molecule has 0 saturated heterocycles. The van der Waals surface area contributed by atoms with E-state index in [1.807, 2.05) is 42.5 Å². The van der Waals surface area contributed by atoms with Gasteiger partial charge in [-0.25, -0.2) is 4.98 Å². The molecule has 138 valence electrons. The van der Waals surface area contributed by atoms with E-state index in [2.05, 4.69) is 60.4 Å². The summed E-state index contributed by atoms with van der Waals surface area (Å²) in [6.45, 7) is 0.809. The molecule has 0 amide bonds. The van der Waals surface area contributed by atoms with Gasteiger partial charge in [0.05, 0.1) is 0 Å². The molecule has 0 unspecified atom stereocenters. The molecule has 0 radical (unpaired) electrons. The molecule has 0 atom stereocenters. The van der Waals surface area contributed by atoms with Crippen molar-refractivity contribution in [3.05, 3.63) is 72.4 Å². The van der Waals surface area contributed by atoms with E-state index in [1.165, 1.54) is 16.5 Å². The first kappa shape index (κ1) is 16.3. The molecule has 5 rings (SSSR count). The van der Waals surface area contributed by atoms with Crippen LogP contribution in [0.4, 0.5) is 17.3 Å². The third-order valence-corrected chi connectivity index (χ3v) is 4.71. The molecule has 28 heavy (non-hydrogen) atoms. The molecule has 0 aliphatic rings. The summed E-state index contributed by atoms with van der Waals surface area (Å²) < 4.78 is 0. The van der Waals surface area contributed by atoms with Gasteiger partial charge in [-0.05, 0) is 48.4 Å². The van der Waals surface area contributed by atoms with Crippen LogP contribution in [0.2, 0.25) is 0 Å². The number of aromatic amines is 2. The van der Waals surface area contributed by atoms with Crippen LogP contribution in [0.15, 0.2) is 66.9 Å².